The highest BCUT2D eigenvalue weighted by atomic mass is 35.5. The summed E-state index contributed by atoms with van der Waals surface area (Å²) in [6.07, 6.45) is 0. The maximum atomic E-state index is 6.06. The summed E-state index contributed by atoms with van der Waals surface area (Å²) in [5.74, 6) is 1.07. The largest absolute Gasteiger partial charge is 0.460 e. The van der Waals surface area contributed by atoms with Crippen LogP contribution in [0.1, 0.15) is 24.2 Å². The summed E-state index contributed by atoms with van der Waals surface area (Å²) in [7, 11) is 0. The molecule has 96 valence electrons. The molecule has 0 N–H and O–H groups in total. The first-order chi connectivity index (χ1) is 9.15. The van der Waals surface area contributed by atoms with Crippen LogP contribution >= 0.6 is 23.2 Å². The Labute approximate surface area is 121 Å². The van der Waals surface area contributed by atoms with Gasteiger partial charge in [-0.2, -0.15) is 0 Å². The molecule has 1 unspecified atom stereocenters. The van der Waals surface area contributed by atoms with Crippen LogP contribution < -0.4 is 0 Å². The Morgan fingerprint density at radius 1 is 0.947 bits per heavy atom. The molecule has 0 aliphatic rings. The van der Waals surface area contributed by atoms with Crippen LogP contribution in [-0.2, 0) is 0 Å². The van der Waals surface area contributed by atoms with Crippen molar-refractivity contribution in [3.8, 4) is 0 Å². The third kappa shape index (κ3) is 2.36. The lowest BCUT2D eigenvalue weighted by Gasteiger charge is -2.09. The Kier molecular flexibility index (Phi) is 3.26. The molecule has 3 heteroatoms. The van der Waals surface area contributed by atoms with Crippen LogP contribution in [0.15, 0.2) is 52.9 Å². The van der Waals surface area contributed by atoms with Crippen molar-refractivity contribution in [1.82, 2.24) is 0 Å². The molecule has 3 rings (SSSR count). The van der Waals surface area contributed by atoms with E-state index in [0.29, 0.717) is 10.0 Å². The second-order valence-corrected chi connectivity index (χ2v) is 5.40. The van der Waals surface area contributed by atoms with Crippen molar-refractivity contribution in [3.63, 3.8) is 0 Å². The summed E-state index contributed by atoms with van der Waals surface area (Å²) < 4.78 is 5.88. The molecule has 0 aliphatic carbocycles. The smallest absolute Gasteiger partial charge is 0.134 e. The first-order valence-electron chi connectivity index (χ1n) is 6.08. The second kappa shape index (κ2) is 4.92. The van der Waals surface area contributed by atoms with Crippen molar-refractivity contribution in [2.24, 2.45) is 0 Å². The SMILES string of the molecule is CC(c1ccc(Cl)c(Cl)c1)c1cc2ccccc2o1. The zero-order valence-corrected chi connectivity index (χ0v) is 11.9. The molecule has 1 atom stereocenters. The van der Waals surface area contributed by atoms with Crippen molar-refractivity contribution in [2.45, 2.75) is 12.8 Å². The molecular formula is C16H12Cl2O. The minimum atomic E-state index is 0.141. The lowest BCUT2D eigenvalue weighted by atomic mass is 9.98. The van der Waals surface area contributed by atoms with E-state index in [1.54, 1.807) is 0 Å². The van der Waals surface area contributed by atoms with Crippen molar-refractivity contribution in [2.75, 3.05) is 0 Å². The molecule has 0 spiro atoms. The Morgan fingerprint density at radius 2 is 1.74 bits per heavy atom. The van der Waals surface area contributed by atoms with Gasteiger partial charge < -0.3 is 4.42 Å². The standard InChI is InChI=1S/C16H12Cl2O/c1-10(11-6-7-13(17)14(18)8-11)16-9-12-4-2-3-5-15(12)19-16/h2-10H,1H3. The number of fused-ring (bicyclic) bond motifs is 1. The van der Waals surface area contributed by atoms with Crippen LogP contribution in [0.3, 0.4) is 0 Å². The monoisotopic (exact) mass is 290 g/mol. The van der Waals surface area contributed by atoms with Gasteiger partial charge >= 0.3 is 0 Å². The highest BCUT2D eigenvalue weighted by molar-refractivity contribution is 6.42. The number of para-hydroxylation sites is 1. The molecule has 0 saturated heterocycles. The van der Waals surface area contributed by atoms with E-state index in [2.05, 4.69) is 13.0 Å². The lowest BCUT2D eigenvalue weighted by molar-refractivity contribution is 0.532. The molecule has 0 aliphatic heterocycles. The van der Waals surface area contributed by atoms with Crippen molar-refractivity contribution >= 4 is 34.2 Å². The topological polar surface area (TPSA) is 13.1 Å². The Hall–Kier alpha value is -1.44. The van der Waals surface area contributed by atoms with Gasteiger partial charge in [-0.1, -0.05) is 54.4 Å². The van der Waals surface area contributed by atoms with Crippen LogP contribution in [0.2, 0.25) is 10.0 Å². The summed E-state index contributed by atoms with van der Waals surface area (Å²) in [5.41, 5.74) is 2.00. The van der Waals surface area contributed by atoms with Gasteiger partial charge in [0.05, 0.1) is 10.0 Å². The number of rotatable bonds is 2. The molecular weight excluding hydrogens is 279 g/mol. The van der Waals surface area contributed by atoms with Crippen LogP contribution in [0, 0.1) is 0 Å². The first-order valence-corrected chi connectivity index (χ1v) is 6.84. The van der Waals surface area contributed by atoms with Crippen molar-refractivity contribution in [1.29, 1.82) is 0 Å². The molecule has 0 saturated carbocycles. The van der Waals surface area contributed by atoms with Gasteiger partial charge in [-0.05, 0) is 29.8 Å². The maximum absolute atomic E-state index is 6.06. The third-order valence-electron chi connectivity index (χ3n) is 3.32. The Morgan fingerprint density at radius 3 is 2.47 bits per heavy atom. The van der Waals surface area contributed by atoms with Gasteiger partial charge in [-0.25, -0.2) is 0 Å². The van der Waals surface area contributed by atoms with E-state index in [9.17, 15) is 0 Å². The van der Waals surface area contributed by atoms with E-state index < -0.39 is 0 Å². The average molecular weight is 291 g/mol. The molecule has 2 aromatic carbocycles. The fraction of sp³-hybridized carbons (Fsp3) is 0.125. The minimum Gasteiger partial charge on any atom is -0.460 e. The summed E-state index contributed by atoms with van der Waals surface area (Å²) in [5, 5.41) is 2.26. The zero-order valence-electron chi connectivity index (χ0n) is 10.4. The zero-order chi connectivity index (χ0) is 13.4. The highest BCUT2D eigenvalue weighted by Gasteiger charge is 2.14. The highest BCUT2D eigenvalue weighted by Crippen LogP contribution is 2.32. The predicted octanol–water partition coefficient (Wildman–Crippen LogP) is 5.89. The van der Waals surface area contributed by atoms with Gasteiger partial charge in [0.1, 0.15) is 11.3 Å². The molecule has 0 radical (unpaired) electrons. The van der Waals surface area contributed by atoms with E-state index in [1.165, 1.54) is 0 Å². The third-order valence-corrected chi connectivity index (χ3v) is 4.05. The summed E-state index contributed by atoms with van der Waals surface area (Å²) in [6.45, 7) is 2.09. The first kappa shape index (κ1) is 12.6. The molecule has 0 amide bonds. The Balaban J connectivity index is 2.02. The van der Waals surface area contributed by atoms with E-state index >= 15 is 0 Å². The number of halogens is 2. The molecule has 0 bridgehead atoms. The maximum Gasteiger partial charge on any atom is 0.134 e. The minimum absolute atomic E-state index is 0.141. The average Bonchev–Trinajstić information content (AvgIpc) is 2.85. The summed E-state index contributed by atoms with van der Waals surface area (Å²) in [6, 6.07) is 15.8. The van der Waals surface area contributed by atoms with E-state index in [-0.39, 0.29) is 5.92 Å². The normalized spacial score (nSPS) is 12.8. The van der Waals surface area contributed by atoms with Gasteiger partial charge in [0.15, 0.2) is 0 Å². The molecule has 1 aromatic heterocycles. The van der Waals surface area contributed by atoms with E-state index in [4.69, 9.17) is 27.6 Å². The van der Waals surface area contributed by atoms with Gasteiger partial charge in [0.2, 0.25) is 0 Å². The number of hydrogen-bond donors (Lipinski definition) is 0. The fourth-order valence-corrected chi connectivity index (χ4v) is 2.47. The van der Waals surface area contributed by atoms with Crippen LogP contribution in [0.4, 0.5) is 0 Å². The number of hydrogen-bond acceptors (Lipinski definition) is 1. The molecule has 1 heterocycles. The quantitative estimate of drug-likeness (QED) is 0.573. The van der Waals surface area contributed by atoms with Gasteiger partial charge in [0, 0.05) is 11.3 Å². The van der Waals surface area contributed by atoms with Crippen LogP contribution in [0.5, 0.6) is 0 Å². The number of furan rings is 1. The molecule has 19 heavy (non-hydrogen) atoms. The fourth-order valence-electron chi connectivity index (χ4n) is 2.16. The van der Waals surface area contributed by atoms with E-state index in [0.717, 1.165) is 22.3 Å². The van der Waals surface area contributed by atoms with Crippen molar-refractivity contribution in [3.05, 3.63) is 69.9 Å². The molecule has 0 fully saturated rings. The molecule has 1 nitrogen and oxygen atoms in total. The molecule has 3 aromatic rings. The van der Waals surface area contributed by atoms with Gasteiger partial charge in [-0.15, -0.1) is 0 Å². The van der Waals surface area contributed by atoms with Crippen LogP contribution in [-0.4, -0.2) is 0 Å². The lowest BCUT2D eigenvalue weighted by Crippen LogP contribution is -1.93. The predicted molar refractivity (Wildman–Crippen MR) is 80.2 cm³/mol. The second-order valence-electron chi connectivity index (χ2n) is 4.58. The van der Waals surface area contributed by atoms with Gasteiger partial charge in [-0.3, -0.25) is 0 Å². The van der Waals surface area contributed by atoms with Gasteiger partial charge in [0.25, 0.3) is 0 Å². The van der Waals surface area contributed by atoms with E-state index in [1.807, 2.05) is 42.5 Å². The van der Waals surface area contributed by atoms with Crippen LogP contribution in [0.25, 0.3) is 11.0 Å². The number of benzene rings is 2. The Bertz CT molecular complexity index is 697. The summed E-state index contributed by atoms with van der Waals surface area (Å²) >= 11 is 12.0. The van der Waals surface area contributed by atoms with Crippen molar-refractivity contribution < 1.29 is 4.42 Å². The summed E-state index contributed by atoms with van der Waals surface area (Å²) in [4.78, 5) is 0.